The van der Waals surface area contributed by atoms with Crippen molar-refractivity contribution < 1.29 is 13.6 Å². The molecule has 3 aliphatic rings. The lowest BCUT2D eigenvalue weighted by Crippen LogP contribution is -2.47. The summed E-state index contributed by atoms with van der Waals surface area (Å²) < 4.78 is 28.2. The molecule has 0 radical (unpaired) electrons. The topological polar surface area (TPSA) is 36.4 Å². The van der Waals surface area contributed by atoms with Gasteiger partial charge in [0, 0.05) is 37.4 Å². The maximum Gasteiger partial charge on any atom is 0.227 e. The molecule has 0 saturated carbocycles. The Morgan fingerprint density at radius 1 is 1.07 bits per heavy atom. The Labute approximate surface area is 157 Å². The summed E-state index contributed by atoms with van der Waals surface area (Å²) in [5, 5.41) is 0. The van der Waals surface area contributed by atoms with Gasteiger partial charge < -0.3 is 4.90 Å². The van der Waals surface area contributed by atoms with E-state index in [-0.39, 0.29) is 17.9 Å². The fourth-order valence-electron chi connectivity index (χ4n) is 4.18. The zero-order chi connectivity index (χ0) is 19.0. The number of pyridine rings is 1. The molecule has 1 amide bonds. The molecule has 2 atom stereocenters. The molecular weight excluding hydrogens is 348 g/mol. The molecule has 2 aromatic rings. The number of piperidine rings is 1. The van der Waals surface area contributed by atoms with Crippen molar-refractivity contribution >= 4 is 5.91 Å². The maximum atomic E-state index is 14.3. The van der Waals surface area contributed by atoms with Crippen LogP contribution in [0.15, 0.2) is 36.5 Å². The summed E-state index contributed by atoms with van der Waals surface area (Å²) in [7, 11) is 0. The highest BCUT2D eigenvalue weighted by molar-refractivity contribution is 5.80. The highest BCUT2D eigenvalue weighted by Gasteiger charge is 2.40. The molecule has 27 heavy (non-hydrogen) atoms. The van der Waals surface area contributed by atoms with E-state index < -0.39 is 11.6 Å². The van der Waals surface area contributed by atoms with Gasteiger partial charge >= 0.3 is 0 Å². The molecule has 0 unspecified atom stereocenters. The van der Waals surface area contributed by atoms with E-state index in [4.69, 9.17) is 0 Å². The Morgan fingerprint density at radius 2 is 1.93 bits per heavy atom. The Kier molecular flexibility index (Phi) is 4.91. The third-order valence-corrected chi connectivity index (χ3v) is 5.68. The Balaban J connectivity index is 1.52. The van der Waals surface area contributed by atoms with Crippen molar-refractivity contribution in [1.29, 1.82) is 0 Å². The number of benzene rings is 1. The van der Waals surface area contributed by atoms with Gasteiger partial charge in [0.15, 0.2) is 11.6 Å². The second-order valence-electron chi connectivity index (χ2n) is 7.58. The van der Waals surface area contributed by atoms with Gasteiger partial charge in [-0.05, 0) is 37.5 Å². The van der Waals surface area contributed by atoms with E-state index in [2.05, 4.69) is 9.88 Å². The molecule has 3 aliphatic heterocycles. The molecule has 4 heterocycles. The third kappa shape index (κ3) is 3.58. The number of halogens is 2. The highest BCUT2D eigenvalue weighted by Crippen LogP contribution is 2.31. The quantitative estimate of drug-likeness (QED) is 0.828. The highest BCUT2D eigenvalue weighted by atomic mass is 19.2. The number of nitrogens with zero attached hydrogens (tertiary/aromatic N) is 3. The predicted octanol–water partition coefficient (Wildman–Crippen LogP) is 3.29. The molecule has 0 aliphatic carbocycles. The monoisotopic (exact) mass is 371 g/mol. The minimum absolute atomic E-state index is 0.0802. The molecule has 142 valence electrons. The van der Waals surface area contributed by atoms with Crippen LogP contribution in [-0.2, 0) is 17.9 Å². The number of fused-ring (bicyclic) bond motifs is 4. The van der Waals surface area contributed by atoms with E-state index >= 15 is 0 Å². The largest absolute Gasteiger partial charge is 0.332 e. The second-order valence-corrected chi connectivity index (χ2v) is 7.58. The molecule has 1 aromatic heterocycles. The van der Waals surface area contributed by atoms with Crippen LogP contribution in [0.4, 0.5) is 8.78 Å². The van der Waals surface area contributed by atoms with E-state index in [0.29, 0.717) is 37.3 Å². The summed E-state index contributed by atoms with van der Waals surface area (Å²) in [6.45, 7) is 3.64. The van der Waals surface area contributed by atoms with Crippen molar-refractivity contribution in [2.75, 3.05) is 13.1 Å². The average Bonchev–Trinajstić information content (AvgIpc) is 2.95. The smallest absolute Gasteiger partial charge is 0.227 e. The standard InChI is InChI=1S/C21H23F2N3O/c1-14-5-6-15(20(23)19(14)22)10-25-11-16-7-8-18(13-25)26(21(16)27)12-17-4-2-3-9-24-17/h2-6,9,16,18H,7-8,10-13H2,1H3/t16-,18+/m0/s1. The third-order valence-electron chi connectivity index (χ3n) is 5.68. The number of aryl methyl sites for hydroxylation is 1. The van der Waals surface area contributed by atoms with Crippen LogP contribution in [0.3, 0.4) is 0 Å². The predicted molar refractivity (Wildman–Crippen MR) is 97.7 cm³/mol. The lowest BCUT2D eigenvalue weighted by atomic mass is 9.94. The van der Waals surface area contributed by atoms with Crippen LogP contribution in [0.25, 0.3) is 0 Å². The molecule has 6 heteroatoms. The zero-order valence-electron chi connectivity index (χ0n) is 15.4. The molecule has 5 rings (SSSR count). The van der Waals surface area contributed by atoms with Crippen LogP contribution < -0.4 is 0 Å². The molecular formula is C21H23F2N3O. The zero-order valence-corrected chi connectivity index (χ0v) is 15.4. The lowest BCUT2D eigenvalue weighted by molar-refractivity contribution is -0.140. The minimum atomic E-state index is -0.779. The van der Waals surface area contributed by atoms with Crippen molar-refractivity contribution in [1.82, 2.24) is 14.8 Å². The van der Waals surface area contributed by atoms with Gasteiger partial charge in [0.25, 0.3) is 0 Å². The average molecular weight is 371 g/mol. The van der Waals surface area contributed by atoms with Gasteiger partial charge in [-0.3, -0.25) is 14.7 Å². The summed E-state index contributed by atoms with van der Waals surface area (Å²) in [5.74, 6) is -1.50. The summed E-state index contributed by atoms with van der Waals surface area (Å²) >= 11 is 0. The fraction of sp³-hybridized carbons (Fsp3) is 0.429. The van der Waals surface area contributed by atoms with E-state index in [1.54, 1.807) is 25.3 Å². The van der Waals surface area contributed by atoms with Crippen LogP contribution >= 0.6 is 0 Å². The number of amides is 1. The molecule has 1 aromatic carbocycles. The molecule has 3 fully saturated rings. The van der Waals surface area contributed by atoms with Crippen LogP contribution in [0.5, 0.6) is 0 Å². The number of carbonyl (C=O) groups excluding carboxylic acids is 1. The van der Waals surface area contributed by atoms with Crippen LogP contribution in [-0.4, -0.2) is 39.8 Å². The SMILES string of the molecule is Cc1ccc(CN2C[C@@H]3CC[C@H](C2)N(Cc2ccccn2)C3=O)c(F)c1F. The van der Waals surface area contributed by atoms with Gasteiger partial charge in [0.05, 0.1) is 18.2 Å². The van der Waals surface area contributed by atoms with Crippen LogP contribution in [0, 0.1) is 24.5 Å². The first-order valence-corrected chi connectivity index (χ1v) is 9.39. The molecule has 3 saturated heterocycles. The number of aromatic nitrogens is 1. The summed E-state index contributed by atoms with van der Waals surface area (Å²) in [5.41, 5.74) is 1.53. The summed E-state index contributed by atoms with van der Waals surface area (Å²) in [6, 6.07) is 9.04. The Morgan fingerprint density at radius 3 is 2.70 bits per heavy atom. The number of carbonyl (C=O) groups is 1. The van der Waals surface area contributed by atoms with E-state index in [1.165, 1.54) is 0 Å². The van der Waals surface area contributed by atoms with Crippen molar-refractivity contribution in [2.45, 2.75) is 38.9 Å². The molecule has 0 spiro atoms. The first kappa shape index (κ1) is 18.0. The molecule has 4 nitrogen and oxygen atoms in total. The van der Waals surface area contributed by atoms with Gasteiger partial charge in [-0.2, -0.15) is 0 Å². The maximum absolute atomic E-state index is 14.3. The van der Waals surface area contributed by atoms with Gasteiger partial charge in [0.1, 0.15) is 0 Å². The Hall–Kier alpha value is -2.34. The van der Waals surface area contributed by atoms with Crippen molar-refractivity contribution in [3.05, 3.63) is 65.0 Å². The molecule has 0 N–H and O–H groups in total. The van der Waals surface area contributed by atoms with E-state index in [9.17, 15) is 13.6 Å². The second kappa shape index (κ2) is 7.35. The summed E-state index contributed by atoms with van der Waals surface area (Å²) in [4.78, 5) is 21.3. The molecule has 2 bridgehead atoms. The Bertz CT molecular complexity index is 843. The number of hydrogen-bond acceptors (Lipinski definition) is 3. The normalized spacial score (nSPS) is 22.9. The van der Waals surface area contributed by atoms with Crippen LogP contribution in [0.1, 0.15) is 29.7 Å². The van der Waals surface area contributed by atoms with Crippen molar-refractivity contribution in [3.8, 4) is 0 Å². The lowest BCUT2D eigenvalue weighted by Gasteiger charge is -2.35. The van der Waals surface area contributed by atoms with Crippen molar-refractivity contribution in [2.24, 2.45) is 5.92 Å². The van der Waals surface area contributed by atoms with Gasteiger partial charge in [-0.25, -0.2) is 8.78 Å². The first-order chi connectivity index (χ1) is 13.0. The van der Waals surface area contributed by atoms with Crippen molar-refractivity contribution in [3.63, 3.8) is 0 Å². The first-order valence-electron chi connectivity index (χ1n) is 9.39. The fourth-order valence-corrected chi connectivity index (χ4v) is 4.18. The number of hydrogen-bond donors (Lipinski definition) is 0. The van der Waals surface area contributed by atoms with Gasteiger partial charge in [-0.1, -0.05) is 18.2 Å². The van der Waals surface area contributed by atoms with E-state index in [0.717, 1.165) is 18.5 Å². The number of rotatable bonds is 4. The summed E-state index contributed by atoms with van der Waals surface area (Å²) in [6.07, 6.45) is 3.52. The van der Waals surface area contributed by atoms with E-state index in [1.807, 2.05) is 23.1 Å². The van der Waals surface area contributed by atoms with Gasteiger partial charge in [0.2, 0.25) is 5.91 Å². The van der Waals surface area contributed by atoms with Gasteiger partial charge in [-0.15, -0.1) is 0 Å². The van der Waals surface area contributed by atoms with Crippen LogP contribution in [0.2, 0.25) is 0 Å². The minimum Gasteiger partial charge on any atom is -0.332 e.